The summed E-state index contributed by atoms with van der Waals surface area (Å²) in [6.45, 7) is 0.0240. The summed E-state index contributed by atoms with van der Waals surface area (Å²) in [6.07, 6.45) is -3.58. The molecule has 2 N–H and O–H groups in total. The zero-order chi connectivity index (χ0) is 29.0. The van der Waals surface area contributed by atoms with Crippen molar-refractivity contribution in [3.63, 3.8) is 0 Å². The van der Waals surface area contributed by atoms with Crippen molar-refractivity contribution in [1.82, 2.24) is 0 Å². The average molecular weight is 624 g/mol. The monoisotopic (exact) mass is 623 g/mol. The van der Waals surface area contributed by atoms with Crippen LogP contribution in [0.15, 0.2) is 71.6 Å². The number of rotatable bonds is 10. The van der Waals surface area contributed by atoms with Crippen LogP contribution in [0.5, 0.6) is 0 Å². The molecule has 15 heteroatoms. The standard InChI is InChI=1S/C24H22Cl2F3N3O5S2/c1-38(34,35)32(19-5-2-4-16(25)14-19)13-3-6-23(33)30-17-7-10-20(11-8-17)39(36,37)31-18-9-12-22(26)21(15-18)24(27,28)29/h2,4-5,7-12,14-15,31H,3,6,13H2,1H3,(H,30,33). The van der Waals surface area contributed by atoms with Gasteiger partial charge >= 0.3 is 6.18 Å². The fourth-order valence-electron chi connectivity index (χ4n) is 3.46. The zero-order valence-corrected chi connectivity index (χ0v) is 23.3. The molecule has 0 aliphatic carbocycles. The molecule has 0 aromatic heterocycles. The number of anilines is 3. The first kappa shape index (κ1) is 30.5. The van der Waals surface area contributed by atoms with Gasteiger partial charge in [0.05, 0.1) is 27.4 Å². The molecular weight excluding hydrogens is 602 g/mol. The molecule has 39 heavy (non-hydrogen) atoms. The molecule has 0 aliphatic rings. The minimum absolute atomic E-state index is 0.0240. The number of nitrogens with zero attached hydrogens (tertiary/aromatic N) is 1. The van der Waals surface area contributed by atoms with Crippen molar-refractivity contribution in [3.8, 4) is 0 Å². The number of carbonyl (C=O) groups excluding carboxylic acids is 1. The quantitative estimate of drug-likeness (QED) is 0.288. The van der Waals surface area contributed by atoms with Gasteiger partial charge in [0.1, 0.15) is 0 Å². The van der Waals surface area contributed by atoms with Crippen LogP contribution in [0.3, 0.4) is 0 Å². The zero-order valence-electron chi connectivity index (χ0n) is 20.2. The van der Waals surface area contributed by atoms with E-state index in [4.69, 9.17) is 23.2 Å². The van der Waals surface area contributed by atoms with Crippen LogP contribution >= 0.6 is 23.2 Å². The van der Waals surface area contributed by atoms with E-state index in [1.165, 1.54) is 30.3 Å². The maximum atomic E-state index is 13.1. The summed E-state index contributed by atoms with van der Waals surface area (Å²) in [6, 6.07) is 13.9. The van der Waals surface area contributed by atoms with Gasteiger partial charge < -0.3 is 5.32 Å². The number of alkyl halides is 3. The van der Waals surface area contributed by atoms with Gasteiger partial charge in [-0.05, 0) is 67.1 Å². The molecule has 210 valence electrons. The topological polar surface area (TPSA) is 113 Å². The normalized spacial score (nSPS) is 12.2. The number of amides is 1. The van der Waals surface area contributed by atoms with Gasteiger partial charge in [0.2, 0.25) is 15.9 Å². The first-order chi connectivity index (χ1) is 18.1. The van der Waals surface area contributed by atoms with Crippen LogP contribution in [0.1, 0.15) is 18.4 Å². The number of halogens is 5. The molecule has 0 spiro atoms. The number of hydrogen-bond acceptors (Lipinski definition) is 5. The average Bonchev–Trinajstić information content (AvgIpc) is 2.82. The van der Waals surface area contributed by atoms with Crippen molar-refractivity contribution in [2.24, 2.45) is 0 Å². The Kier molecular flexibility index (Phi) is 9.42. The van der Waals surface area contributed by atoms with E-state index in [0.717, 1.165) is 22.7 Å². The summed E-state index contributed by atoms with van der Waals surface area (Å²) < 4.78 is 92.0. The molecule has 3 aromatic carbocycles. The van der Waals surface area contributed by atoms with Gasteiger partial charge in [-0.15, -0.1) is 0 Å². The highest BCUT2D eigenvalue weighted by atomic mass is 35.5. The van der Waals surface area contributed by atoms with Crippen LogP contribution < -0.4 is 14.3 Å². The molecule has 8 nitrogen and oxygen atoms in total. The fraction of sp³-hybridized carbons (Fsp3) is 0.208. The lowest BCUT2D eigenvalue weighted by Crippen LogP contribution is -2.31. The Balaban J connectivity index is 1.61. The molecule has 0 bridgehead atoms. The lowest BCUT2D eigenvalue weighted by Gasteiger charge is -2.22. The van der Waals surface area contributed by atoms with Crippen molar-refractivity contribution in [2.75, 3.05) is 27.1 Å². The minimum Gasteiger partial charge on any atom is -0.326 e. The van der Waals surface area contributed by atoms with Crippen LogP contribution in [-0.2, 0) is 31.0 Å². The van der Waals surface area contributed by atoms with Gasteiger partial charge in [-0.3, -0.25) is 13.8 Å². The van der Waals surface area contributed by atoms with E-state index in [9.17, 15) is 34.8 Å². The van der Waals surface area contributed by atoms with Crippen LogP contribution in [0.2, 0.25) is 10.0 Å². The summed E-state index contributed by atoms with van der Waals surface area (Å²) in [4.78, 5) is 12.1. The molecule has 0 heterocycles. The smallest absolute Gasteiger partial charge is 0.326 e. The molecule has 0 aliphatic heterocycles. The van der Waals surface area contributed by atoms with E-state index < -0.39 is 42.7 Å². The molecule has 1 amide bonds. The molecule has 0 saturated carbocycles. The molecule has 0 atom stereocenters. The van der Waals surface area contributed by atoms with Gasteiger partial charge in [0.15, 0.2) is 0 Å². The van der Waals surface area contributed by atoms with Crippen LogP contribution in [0.25, 0.3) is 0 Å². The molecular formula is C24H22Cl2F3N3O5S2. The Morgan fingerprint density at radius 3 is 2.15 bits per heavy atom. The first-order valence-corrected chi connectivity index (χ1v) is 15.2. The van der Waals surface area contributed by atoms with Gasteiger partial charge in [-0.1, -0.05) is 29.3 Å². The Hall–Kier alpha value is -3.00. The van der Waals surface area contributed by atoms with E-state index >= 15 is 0 Å². The molecule has 3 rings (SSSR count). The number of hydrogen-bond donors (Lipinski definition) is 2. The van der Waals surface area contributed by atoms with Crippen molar-refractivity contribution >= 4 is 66.2 Å². The van der Waals surface area contributed by atoms with Crippen LogP contribution in [0.4, 0.5) is 30.2 Å². The van der Waals surface area contributed by atoms with E-state index in [1.807, 2.05) is 0 Å². The van der Waals surface area contributed by atoms with E-state index in [-0.39, 0.29) is 35.7 Å². The Morgan fingerprint density at radius 1 is 0.923 bits per heavy atom. The second-order valence-electron chi connectivity index (χ2n) is 8.29. The number of benzene rings is 3. The highest BCUT2D eigenvalue weighted by molar-refractivity contribution is 7.92. The SMILES string of the molecule is CS(=O)(=O)N(CCCC(=O)Nc1ccc(S(=O)(=O)Nc2ccc(Cl)c(C(F)(F)F)c2)cc1)c1cccc(Cl)c1. The Labute approximate surface area is 233 Å². The van der Waals surface area contributed by atoms with Crippen molar-refractivity contribution < 1.29 is 34.8 Å². The number of sulfonamides is 2. The highest BCUT2D eigenvalue weighted by Gasteiger charge is 2.33. The van der Waals surface area contributed by atoms with Crippen LogP contribution in [-0.4, -0.2) is 35.5 Å². The summed E-state index contributed by atoms with van der Waals surface area (Å²) in [5.41, 5.74) is -0.886. The molecule has 0 fully saturated rings. The first-order valence-electron chi connectivity index (χ1n) is 11.1. The predicted octanol–water partition coefficient (Wildman–Crippen LogP) is 6.00. The van der Waals surface area contributed by atoms with Gasteiger partial charge in [0, 0.05) is 29.4 Å². The maximum Gasteiger partial charge on any atom is 0.417 e. The molecule has 0 radical (unpaired) electrons. The Bertz CT molecular complexity index is 1570. The lowest BCUT2D eigenvalue weighted by molar-refractivity contribution is -0.137. The van der Waals surface area contributed by atoms with Gasteiger partial charge in [-0.2, -0.15) is 13.2 Å². The van der Waals surface area contributed by atoms with Crippen LogP contribution in [0, 0.1) is 0 Å². The second-order valence-corrected chi connectivity index (χ2v) is 12.7. The number of nitrogens with one attached hydrogen (secondary N) is 2. The Morgan fingerprint density at radius 2 is 1.56 bits per heavy atom. The summed E-state index contributed by atoms with van der Waals surface area (Å²) in [7, 11) is -7.87. The summed E-state index contributed by atoms with van der Waals surface area (Å²) in [5.74, 6) is -0.441. The summed E-state index contributed by atoms with van der Waals surface area (Å²) in [5, 5.41) is 2.37. The van der Waals surface area contributed by atoms with E-state index in [0.29, 0.717) is 16.8 Å². The largest absolute Gasteiger partial charge is 0.417 e. The minimum atomic E-state index is -4.77. The second kappa shape index (κ2) is 12.0. The fourth-order valence-corrected chi connectivity index (χ4v) is 5.88. The van der Waals surface area contributed by atoms with Crippen molar-refractivity contribution in [1.29, 1.82) is 0 Å². The maximum absolute atomic E-state index is 13.1. The number of carbonyl (C=O) groups is 1. The highest BCUT2D eigenvalue weighted by Crippen LogP contribution is 2.36. The molecule has 3 aromatic rings. The van der Waals surface area contributed by atoms with Crippen molar-refractivity contribution in [2.45, 2.75) is 23.9 Å². The van der Waals surface area contributed by atoms with Crippen molar-refractivity contribution in [3.05, 3.63) is 82.3 Å². The third-order valence-electron chi connectivity index (χ3n) is 5.23. The predicted molar refractivity (Wildman–Crippen MR) is 145 cm³/mol. The van der Waals surface area contributed by atoms with E-state index in [2.05, 4.69) is 10.0 Å². The molecule has 0 unspecified atom stereocenters. The van der Waals surface area contributed by atoms with Gasteiger partial charge in [-0.25, -0.2) is 16.8 Å². The lowest BCUT2D eigenvalue weighted by atomic mass is 10.2. The van der Waals surface area contributed by atoms with E-state index in [1.54, 1.807) is 18.2 Å². The third kappa shape index (κ3) is 8.49. The molecule has 0 saturated heterocycles. The third-order valence-corrected chi connectivity index (χ3v) is 8.39. The summed E-state index contributed by atoms with van der Waals surface area (Å²) >= 11 is 11.5. The van der Waals surface area contributed by atoms with Gasteiger partial charge in [0.25, 0.3) is 10.0 Å².